The van der Waals surface area contributed by atoms with Gasteiger partial charge < -0.3 is 19.8 Å². The molecule has 0 aliphatic heterocycles. The van der Waals surface area contributed by atoms with Gasteiger partial charge in [0.25, 0.3) is 0 Å². The largest absolute Gasteiger partial charge is 1.00 e. The van der Waals surface area contributed by atoms with Crippen molar-refractivity contribution in [2.45, 2.75) is 0 Å². The predicted octanol–water partition coefficient (Wildman–Crippen LogP) is -6.96. The van der Waals surface area contributed by atoms with E-state index >= 15 is 0 Å². The average Bonchev–Trinajstić information content (AvgIpc) is 2.18. The van der Waals surface area contributed by atoms with Gasteiger partial charge in [-0.15, -0.1) is 0 Å². The summed E-state index contributed by atoms with van der Waals surface area (Å²) in [4.78, 5) is 0. The van der Waals surface area contributed by atoms with E-state index < -0.39 is 42.1 Å². The van der Waals surface area contributed by atoms with Crippen molar-refractivity contribution in [3.8, 4) is 11.5 Å². The van der Waals surface area contributed by atoms with Gasteiger partial charge in [0.05, 0.1) is 0 Å². The summed E-state index contributed by atoms with van der Waals surface area (Å²) in [6.07, 6.45) is 0. The number of rotatable bonds is 2. The van der Waals surface area contributed by atoms with Crippen LogP contribution in [0.4, 0.5) is 17.6 Å². The monoisotopic (exact) mass is 302 g/mol. The Morgan fingerprint density at radius 1 is 0.882 bits per heavy atom. The van der Waals surface area contributed by atoms with Crippen LogP contribution in [0.3, 0.4) is 0 Å². The van der Waals surface area contributed by atoms with Gasteiger partial charge in [0.15, 0.2) is 11.5 Å². The molecule has 0 aromatic heterocycles. The van der Waals surface area contributed by atoms with Crippen LogP contribution in [0.1, 0.15) is 0 Å². The number of benzene rings is 1. The zero-order chi connectivity index (χ0) is 11.7. The molecular weight excluding hydrogens is 301 g/mol. The number of phenols is 1. The second-order valence-electron chi connectivity index (χ2n) is 2.34. The first-order valence-corrected chi connectivity index (χ1v) is 3.39. The van der Waals surface area contributed by atoms with Crippen LogP contribution in [-0.2, 0) is 0 Å². The second kappa shape index (κ2) is 8.87. The summed E-state index contributed by atoms with van der Waals surface area (Å²) in [5.41, 5.74) is 0. The van der Waals surface area contributed by atoms with Gasteiger partial charge in [0, 0.05) is 0 Å². The molecule has 0 bridgehead atoms. The summed E-state index contributed by atoms with van der Waals surface area (Å²) in [6.45, 7) is 0. The first kappa shape index (κ1) is 21.1. The van der Waals surface area contributed by atoms with Gasteiger partial charge in [-0.3, -0.25) is 0 Å². The van der Waals surface area contributed by atoms with Crippen molar-refractivity contribution in [1.82, 2.24) is 0 Å². The summed E-state index contributed by atoms with van der Waals surface area (Å²) < 4.78 is 53.7. The number of phenolic OH excluding ortho intramolecular Hbond substituents is 1. The van der Waals surface area contributed by atoms with Crippen LogP contribution in [0, 0.1) is 23.3 Å². The molecule has 0 aliphatic rings. The van der Waals surface area contributed by atoms with E-state index in [1.165, 1.54) is 0 Å². The molecule has 0 spiro atoms. The molecule has 0 heterocycles. The maximum absolute atomic E-state index is 12.7. The Hall–Kier alpha value is 1.80. The summed E-state index contributed by atoms with van der Waals surface area (Å²) in [6, 6.07) is 0. The molecule has 1 aromatic rings. The first-order valence-electron chi connectivity index (χ1n) is 3.39. The maximum atomic E-state index is 12.7. The van der Waals surface area contributed by atoms with E-state index in [1.807, 2.05) is 0 Å². The summed E-state index contributed by atoms with van der Waals surface area (Å²) in [5.74, 6) is -12.3. The van der Waals surface area contributed by atoms with E-state index in [4.69, 9.17) is 5.11 Å². The third kappa shape index (κ3) is 5.00. The van der Waals surface area contributed by atoms with Crippen molar-refractivity contribution in [1.29, 1.82) is 0 Å². The zero-order valence-corrected chi connectivity index (χ0v) is 15.0. The normalized spacial score (nSPS) is 9.06. The van der Waals surface area contributed by atoms with Crippen molar-refractivity contribution in [2.24, 2.45) is 0 Å². The summed E-state index contributed by atoms with van der Waals surface area (Å²) in [5, 5.41) is 28.5. The number of halogens is 4. The minimum absolute atomic E-state index is 0. The van der Waals surface area contributed by atoms with Crippen LogP contribution in [0.15, 0.2) is 0 Å². The van der Waals surface area contributed by atoms with Crippen molar-refractivity contribution in [2.75, 3.05) is 0 Å². The molecule has 1 rings (SSSR count). The van der Waals surface area contributed by atoms with E-state index in [2.05, 4.69) is 4.65 Å². The fourth-order valence-corrected chi connectivity index (χ4v) is 0.804. The van der Waals surface area contributed by atoms with E-state index in [-0.39, 0.29) is 103 Å². The van der Waals surface area contributed by atoms with Gasteiger partial charge in [-0.1, -0.05) is 0 Å². The molecular formula is C6HBF4K2O4. The number of hydrogen-bond donors (Lipinski definition) is 1. The summed E-state index contributed by atoms with van der Waals surface area (Å²) >= 11 is 0. The van der Waals surface area contributed by atoms with E-state index in [0.29, 0.717) is 0 Å². The van der Waals surface area contributed by atoms with E-state index in [0.717, 1.165) is 0 Å². The van der Waals surface area contributed by atoms with Crippen molar-refractivity contribution < 1.29 is 140 Å². The fraction of sp³-hybridized carbons (Fsp3) is 0. The number of hydrogen-bond acceptors (Lipinski definition) is 4. The quantitative estimate of drug-likeness (QED) is 0.255. The second-order valence-corrected chi connectivity index (χ2v) is 2.34. The average molecular weight is 302 g/mol. The maximum Gasteiger partial charge on any atom is 1.00 e. The molecule has 0 saturated carbocycles. The van der Waals surface area contributed by atoms with Crippen LogP contribution in [0.2, 0.25) is 0 Å². The van der Waals surface area contributed by atoms with Gasteiger partial charge >= 0.3 is 103 Å². The topological polar surface area (TPSA) is 75.6 Å². The number of aromatic hydroxyl groups is 1. The Labute approximate surface area is 178 Å². The van der Waals surface area contributed by atoms with Gasteiger partial charge in [-0.2, -0.15) is 8.78 Å². The predicted molar refractivity (Wildman–Crippen MR) is 34.3 cm³/mol. The molecule has 82 valence electrons. The summed E-state index contributed by atoms with van der Waals surface area (Å²) in [7, 11) is -3.12. The third-order valence-corrected chi connectivity index (χ3v) is 1.41. The molecule has 1 N–H and O–H groups in total. The van der Waals surface area contributed by atoms with Crippen LogP contribution in [0.5, 0.6) is 11.5 Å². The Morgan fingerprint density at radius 2 is 1.29 bits per heavy atom. The zero-order valence-electron chi connectivity index (χ0n) is 8.76. The van der Waals surface area contributed by atoms with Gasteiger partial charge in [-0.25, -0.2) is 8.78 Å². The molecule has 0 atom stereocenters. The molecule has 17 heavy (non-hydrogen) atoms. The molecule has 0 amide bonds. The van der Waals surface area contributed by atoms with Crippen molar-refractivity contribution in [3.63, 3.8) is 0 Å². The Balaban J connectivity index is 0. The molecule has 0 saturated heterocycles. The van der Waals surface area contributed by atoms with Crippen molar-refractivity contribution in [3.05, 3.63) is 23.3 Å². The Morgan fingerprint density at radius 3 is 1.71 bits per heavy atom. The van der Waals surface area contributed by atoms with Gasteiger partial charge in [-0.05, 0) is 0 Å². The molecule has 0 fully saturated rings. The van der Waals surface area contributed by atoms with Crippen LogP contribution >= 0.6 is 0 Å². The fourth-order valence-electron chi connectivity index (χ4n) is 0.804. The Bertz CT molecular complexity index is 377. The smallest absolute Gasteiger partial charge is 0.860 e. The molecule has 0 aliphatic carbocycles. The van der Waals surface area contributed by atoms with Crippen LogP contribution in [-0.4, -0.2) is 12.4 Å². The van der Waals surface area contributed by atoms with Gasteiger partial charge in [0.1, 0.15) is 7.32 Å². The van der Waals surface area contributed by atoms with Gasteiger partial charge in [0.2, 0.25) is 23.3 Å². The van der Waals surface area contributed by atoms with Crippen LogP contribution < -0.4 is 117 Å². The molecule has 0 unspecified atom stereocenters. The van der Waals surface area contributed by atoms with Crippen molar-refractivity contribution >= 4 is 7.32 Å². The third-order valence-electron chi connectivity index (χ3n) is 1.41. The molecule has 11 heteroatoms. The van der Waals surface area contributed by atoms with E-state index in [1.54, 1.807) is 0 Å². The molecule has 0 radical (unpaired) electrons. The minimum atomic E-state index is -3.12. The minimum Gasteiger partial charge on any atom is -0.860 e. The standard InChI is InChI=1S/C6HBF4O4.2K/c8-1-2(9)4(11)6(15-7(13)14)5(12)3(1)10;;/h12H;;/q-2;2*+1. The SMILES string of the molecule is [K+].[K+].[O-]B([O-])Oc1c(O)c(F)c(F)c(F)c1F. The molecule has 1 aromatic carbocycles. The molecule has 4 nitrogen and oxygen atoms in total. The van der Waals surface area contributed by atoms with E-state index in [9.17, 15) is 27.6 Å². The first-order chi connectivity index (χ1) is 6.86. The Kier molecular flexibility index (Phi) is 11.0. The van der Waals surface area contributed by atoms with Crippen LogP contribution in [0.25, 0.3) is 0 Å².